The number of carbonyl (C=O) groups excluding carboxylic acids is 4. The summed E-state index contributed by atoms with van der Waals surface area (Å²) < 4.78 is 7.19. The summed E-state index contributed by atoms with van der Waals surface area (Å²) in [6, 6.07) is 14.2. The van der Waals surface area contributed by atoms with Gasteiger partial charge in [0.25, 0.3) is 5.91 Å². The number of nitrogens with zero attached hydrogens (tertiary/aromatic N) is 3. The number of Topliss-reactive ketones (excluding diaryl/α,β-unsaturated/α-hetero) is 1. The Balaban J connectivity index is 0.000000385. The molecule has 11 heteroatoms. The van der Waals surface area contributed by atoms with E-state index in [1.54, 1.807) is 30.3 Å². The van der Waals surface area contributed by atoms with E-state index in [0.717, 1.165) is 17.8 Å². The number of hydrogen-bond donors (Lipinski definition) is 3. The minimum absolute atomic E-state index is 0.119. The lowest BCUT2D eigenvalue weighted by molar-refractivity contribution is -0.148. The summed E-state index contributed by atoms with van der Waals surface area (Å²) in [5.41, 5.74) is 20.6. The molecular weight excluding hydrogens is 536 g/mol. The molecule has 2 aliphatic rings. The number of piperidine rings is 1. The van der Waals surface area contributed by atoms with E-state index in [-0.39, 0.29) is 29.8 Å². The molecule has 0 radical (unpaired) electrons. The van der Waals surface area contributed by atoms with Crippen molar-refractivity contribution in [1.29, 1.82) is 0 Å². The van der Waals surface area contributed by atoms with Crippen molar-refractivity contribution < 1.29 is 23.9 Å². The number of hydrogen-bond acceptors (Lipinski definition) is 8. The number of carbonyl (C=O) groups is 4. The van der Waals surface area contributed by atoms with Crippen molar-refractivity contribution in [2.24, 2.45) is 22.6 Å². The van der Waals surface area contributed by atoms with Crippen LogP contribution in [0, 0.1) is 12.3 Å². The van der Waals surface area contributed by atoms with E-state index < -0.39 is 11.9 Å². The first-order valence-corrected chi connectivity index (χ1v) is 14.0. The zero-order valence-corrected chi connectivity index (χ0v) is 24.3. The molecule has 42 heavy (non-hydrogen) atoms. The van der Waals surface area contributed by atoms with Gasteiger partial charge >= 0.3 is 5.97 Å². The van der Waals surface area contributed by atoms with Crippen LogP contribution in [0.25, 0.3) is 5.69 Å². The molecule has 0 saturated carbocycles. The summed E-state index contributed by atoms with van der Waals surface area (Å²) in [5.74, 6) is -1.18. The molecule has 222 valence electrons. The molecule has 6 N–H and O–H groups in total. The van der Waals surface area contributed by atoms with E-state index in [1.807, 2.05) is 29.8 Å². The minimum atomic E-state index is -0.511. The third-order valence-corrected chi connectivity index (χ3v) is 7.52. The van der Waals surface area contributed by atoms with Gasteiger partial charge in [0.15, 0.2) is 5.78 Å². The van der Waals surface area contributed by atoms with Gasteiger partial charge in [-0.3, -0.25) is 19.2 Å². The topological polar surface area (TPSA) is 177 Å². The van der Waals surface area contributed by atoms with Gasteiger partial charge in [0, 0.05) is 37.9 Å². The van der Waals surface area contributed by atoms with Crippen LogP contribution in [0.2, 0.25) is 0 Å². The fourth-order valence-electron chi connectivity index (χ4n) is 5.53. The van der Waals surface area contributed by atoms with Crippen LogP contribution >= 0.6 is 0 Å². The average Bonchev–Trinajstić information content (AvgIpc) is 3.28. The van der Waals surface area contributed by atoms with E-state index in [2.05, 4.69) is 23.8 Å². The Morgan fingerprint density at radius 1 is 1.00 bits per heavy atom. The number of nitrogens with two attached hydrogens (primary N) is 3. The highest BCUT2D eigenvalue weighted by Gasteiger charge is 2.36. The summed E-state index contributed by atoms with van der Waals surface area (Å²) in [6.07, 6.45) is 2.31. The summed E-state index contributed by atoms with van der Waals surface area (Å²) in [5, 5.41) is 4.69. The third kappa shape index (κ3) is 6.85. The van der Waals surface area contributed by atoms with Crippen molar-refractivity contribution >= 4 is 29.3 Å². The first-order chi connectivity index (χ1) is 19.9. The van der Waals surface area contributed by atoms with Crippen molar-refractivity contribution in [3.63, 3.8) is 0 Å². The molecular formula is C31H38N6O5. The molecule has 0 bridgehead atoms. The van der Waals surface area contributed by atoms with Crippen LogP contribution in [0.4, 0.5) is 5.69 Å². The normalized spacial score (nSPS) is 16.2. The first kappa shape index (κ1) is 30.4. The Kier molecular flexibility index (Phi) is 9.11. The highest BCUT2D eigenvalue weighted by Crippen LogP contribution is 2.37. The predicted molar refractivity (Wildman–Crippen MR) is 159 cm³/mol. The van der Waals surface area contributed by atoms with Gasteiger partial charge in [-0.05, 0) is 49.1 Å². The fourth-order valence-corrected chi connectivity index (χ4v) is 5.53. The number of rotatable bonds is 6. The van der Waals surface area contributed by atoms with Crippen molar-refractivity contribution in [3.05, 3.63) is 76.6 Å². The number of ether oxygens (including phenoxy) is 1. The highest BCUT2D eigenvalue weighted by molar-refractivity contribution is 6.00. The molecule has 2 aromatic carbocycles. The Bertz CT molecular complexity index is 1490. The van der Waals surface area contributed by atoms with Gasteiger partial charge in [-0.1, -0.05) is 32.0 Å². The maximum Gasteiger partial charge on any atom is 0.319 e. The zero-order chi connectivity index (χ0) is 30.6. The molecule has 1 aromatic heterocycles. The summed E-state index contributed by atoms with van der Waals surface area (Å²) >= 11 is 0. The average molecular weight is 575 g/mol. The van der Waals surface area contributed by atoms with Crippen LogP contribution in [0.5, 0.6) is 0 Å². The number of fused-ring (bicyclic) bond motifs is 1. The monoisotopic (exact) mass is 574 g/mol. The molecule has 2 amide bonds. The molecule has 11 nitrogen and oxygen atoms in total. The molecule has 0 spiro atoms. The molecule has 1 aliphatic heterocycles. The van der Waals surface area contributed by atoms with Gasteiger partial charge in [-0.2, -0.15) is 5.10 Å². The van der Waals surface area contributed by atoms with Crippen LogP contribution in [0.1, 0.15) is 75.6 Å². The molecule has 1 fully saturated rings. The first-order valence-electron chi connectivity index (χ1n) is 14.0. The van der Waals surface area contributed by atoms with Gasteiger partial charge in [0.2, 0.25) is 5.91 Å². The largest absolute Gasteiger partial charge is 0.461 e. The van der Waals surface area contributed by atoms with Gasteiger partial charge < -0.3 is 26.8 Å². The summed E-state index contributed by atoms with van der Waals surface area (Å²) in [4.78, 5) is 49.0. The van der Waals surface area contributed by atoms with Crippen molar-refractivity contribution in [3.8, 4) is 5.69 Å². The number of esters is 1. The molecule has 0 atom stereocenters. The second kappa shape index (κ2) is 12.6. The Labute approximate surface area is 245 Å². The van der Waals surface area contributed by atoms with Gasteiger partial charge in [-0.25, -0.2) is 4.68 Å². The van der Waals surface area contributed by atoms with E-state index >= 15 is 0 Å². The number of ketones is 1. The highest BCUT2D eigenvalue weighted by atomic mass is 16.5. The molecule has 5 rings (SSSR count). The van der Waals surface area contributed by atoms with E-state index in [4.69, 9.17) is 21.9 Å². The summed E-state index contributed by atoms with van der Waals surface area (Å²) in [7, 11) is 0. The fraction of sp³-hybridized carbons (Fsp3) is 0.387. The van der Waals surface area contributed by atoms with Crippen LogP contribution in [0.3, 0.4) is 0 Å². The molecule has 3 aromatic rings. The van der Waals surface area contributed by atoms with E-state index in [0.29, 0.717) is 60.4 Å². The number of amides is 2. The van der Waals surface area contributed by atoms with Crippen LogP contribution < -0.4 is 22.1 Å². The van der Waals surface area contributed by atoms with Gasteiger partial charge in [0.1, 0.15) is 6.10 Å². The van der Waals surface area contributed by atoms with Crippen LogP contribution in [-0.2, 0) is 16.0 Å². The summed E-state index contributed by atoms with van der Waals surface area (Å²) in [6.45, 7) is 7.11. The Hall–Kier alpha value is -4.51. The lowest BCUT2D eigenvalue weighted by Gasteiger charge is -2.34. The van der Waals surface area contributed by atoms with E-state index in [9.17, 15) is 19.2 Å². The molecule has 1 aliphatic carbocycles. The van der Waals surface area contributed by atoms with Gasteiger partial charge in [0.05, 0.1) is 40.4 Å². The molecule has 2 heterocycles. The quantitative estimate of drug-likeness (QED) is 0.376. The van der Waals surface area contributed by atoms with Crippen LogP contribution in [-0.4, -0.2) is 59.1 Å². The van der Waals surface area contributed by atoms with Crippen LogP contribution in [0.15, 0.2) is 48.5 Å². The predicted octanol–water partition coefficient (Wildman–Crippen LogP) is 2.69. The van der Waals surface area contributed by atoms with Crippen molar-refractivity contribution in [1.82, 2.24) is 9.78 Å². The van der Waals surface area contributed by atoms with Crippen molar-refractivity contribution in [2.45, 2.75) is 52.6 Å². The molecule has 0 unspecified atom stereocenters. The lowest BCUT2D eigenvalue weighted by Crippen LogP contribution is -2.39. The zero-order valence-electron chi connectivity index (χ0n) is 24.3. The van der Waals surface area contributed by atoms with Crippen molar-refractivity contribution in [2.75, 3.05) is 24.5 Å². The number of benzene rings is 2. The lowest BCUT2D eigenvalue weighted by atomic mass is 9.75. The smallest absolute Gasteiger partial charge is 0.319 e. The second-order valence-electron chi connectivity index (χ2n) is 11.4. The van der Waals surface area contributed by atoms with Gasteiger partial charge in [-0.15, -0.1) is 0 Å². The maximum atomic E-state index is 12.8. The SMILES string of the molecule is Cc1nn(-c2ccc(C(N)=O)c(N3CCC(OC(=O)CN)CC3)c2)c2c1C(=O)CC(C)(C)C2.NC(=O)c1ccccc1. The maximum absolute atomic E-state index is 12.8. The number of aromatic nitrogens is 2. The standard InChI is InChI=1S/C24H31N5O4.C7H7NO/c1-14-22-19(11-24(2,3)12-20(22)30)29(27-14)15-4-5-17(23(26)32)18(10-15)28-8-6-16(7-9-28)33-21(31)13-25;8-7(9)6-4-2-1-3-5-6/h4-5,10,16H,6-9,11-13,25H2,1-3H3,(H2,26,32);1-5H,(H2,8,9). The number of aryl methyl sites for hydroxylation is 1. The Morgan fingerprint density at radius 2 is 1.67 bits per heavy atom. The minimum Gasteiger partial charge on any atom is -0.461 e. The number of anilines is 1. The number of primary amides is 2. The molecule has 1 saturated heterocycles. The Morgan fingerprint density at radius 3 is 2.24 bits per heavy atom. The van der Waals surface area contributed by atoms with E-state index in [1.165, 1.54) is 0 Å². The second-order valence-corrected chi connectivity index (χ2v) is 11.4. The third-order valence-electron chi connectivity index (χ3n) is 7.52.